The number of anilines is 1. The predicted molar refractivity (Wildman–Crippen MR) is 72.6 cm³/mol. The number of amides is 1. The van der Waals surface area contributed by atoms with Crippen molar-refractivity contribution < 1.29 is 9.21 Å². The maximum absolute atomic E-state index is 11.7. The first-order valence-electron chi connectivity index (χ1n) is 5.72. The highest BCUT2D eigenvalue weighted by atomic mass is 35.5. The van der Waals surface area contributed by atoms with Gasteiger partial charge in [0.05, 0.1) is 12.0 Å². The molecule has 1 heterocycles. The van der Waals surface area contributed by atoms with Gasteiger partial charge in [0.1, 0.15) is 5.76 Å². The maximum atomic E-state index is 11.7. The molecule has 1 aromatic heterocycles. The summed E-state index contributed by atoms with van der Waals surface area (Å²) in [5.41, 5.74) is 1.48. The van der Waals surface area contributed by atoms with Crippen molar-refractivity contribution >= 4 is 23.2 Å². The van der Waals surface area contributed by atoms with Crippen LogP contribution in [-0.2, 0) is 4.79 Å². The van der Waals surface area contributed by atoms with Gasteiger partial charge in [-0.25, -0.2) is 0 Å². The molecule has 18 heavy (non-hydrogen) atoms. The van der Waals surface area contributed by atoms with Crippen molar-refractivity contribution in [2.75, 3.05) is 5.32 Å². The fraction of sp³-hybridized carbons (Fsp3) is 0.214. The van der Waals surface area contributed by atoms with E-state index in [0.29, 0.717) is 16.5 Å². The second-order valence-electron chi connectivity index (χ2n) is 4.31. The lowest BCUT2D eigenvalue weighted by Gasteiger charge is -2.11. The smallest absolute Gasteiger partial charge is 0.226 e. The predicted octanol–water partition coefficient (Wildman–Crippen LogP) is 4.19. The molecule has 0 bridgehead atoms. The van der Waals surface area contributed by atoms with Crippen molar-refractivity contribution in [3.05, 3.63) is 41.6 Å². The Hall–Kier alpha value is -1.74. The molecule has 2 rings (SSSR count). The van der Waals surface area contributed by atoms with Crippen LogP contribution in [0.4, 0.5) is 5.69 Å². The van der Waals surface area contributed by atoms with E-state index in [1.165, 1.54) is 0 Å². The quantitative estimate of drug-likeness (QED) is 0.902. The monoisotopic (exact) mass is 263 g/mol. The first-order chi connectivity index (χ1) is 8.58. The van der Waals surface area contributed by atoms with Crippen LogP contribution < -0.4 is 5.32 Å². The van der Waals surface area contributed by atoms with Gasteiger partial charge in [-0.1, -0.05) is 25.4 Å². The maximum Gasteiger partial charge on any atom is 0.226 e. The van der Waals surface area contributed by atoms with Gasteiger partial charge in [0.2, 0.25) is 5.91 Å². The molecular weight excluding hydrogens is 250 g/mol. The molecule has 0 saturated carbocycles. The normalized spacial score (nSPS) is 10.7. The summed E-state index contributed by atoms with van der Waals surface area (Å²) in [4.78, 5) is 11.7. The molecular formula is C14H14ClNO2. The lowest BCUT2D eigenvalue weighted by Crippen LogP contribution is -2.18. The van der Waals surface area contributed by atoms with Crippen molar-refractivity contribution in [2.24, 2.45) is 5.92 Å². The molecule has 0 aliphatic rings. The molecule has 0 aliphatic carbocycles. The van der Waals surface area contributed by atoms with Gasteiger partial charge >= 0.3 is 0 Å². The second-order valence-corrected chi connectivity index (χ2v) is 4.75. The third-order valence-corrected chi connectivity index (χ3v) is 2.79. The van der Waals surface area contributed by atoms with Crippen LogP contribution in [0.15, 0.2) is 41.0 Å². The van der Waals surface area contributed by atoms with Crippen LogP contribution in [0, 0.1) is 5.92 Å². The number of nitrogens with one attached hydrogen (secondary N) is 1. The number of furan rings is 1. The molecule has 0 atom stereocenters. The van der Waals surface area contributed by atoms with Crippen LogP contribution in [-0.4, -0.2) is 5.91 Å². The summed E-state index contributed by atoms with van der Waals surface area (Å²) in [6.45, 7) is 3.69. The molecule has 0 fully saturated rings. The van der Waals surface area contributed by atoms with Crippen molar-refractivity contribution in [1.29, 1.82) is 0 Å². The SMILES string of the molecule is CC(C)C(=O)Nc1ccc(Cl)cc1-c1ccco1. The van der Waals surface area contributed by atoms with E-state index >= 15 is 0 Å². The van der Waals surface area contributed by atoms with Gasteiger partial charge in [0.25, 0.3) is 0 Å². The third kappa shape index (κ3) is 2.74. The Morgan fingerprint density at radius 3 is 2.72 bits per heavy atom. The van der Waals surface area contributed by atoms with Gasteiger partial charge < -0.3 is 9.73 Å². The van der Waals surface area contributed by atoms with Crippen LogP contribution in [0.5, 0.6) is 0 Å². The molecule has 4 heteroatoms. The number of hydrogen-bond acceptors (Lipinski definition) is 2. The zero-order valence-corrected chi connectivity index (χ0v) is 11.0. The lowest BCUT2D eigenvalue weighted by atomic mass is 10.1. The summed E-state index contributed by atoms with van der Waals surface area (Å²) in [6, 6.07) is 8.92. The third-order valence-electron chi connectivity index (χ3n) is 2.55. The van der Waals surface area contributed by atoms with E-state index < -0.39 is 0 Å². The summed E-state index contributed by atoms with van der Waals surface area (Å²) < 4.78 is 5.35. The Kier molecular flexibility index (Phi) is 3.72. The number of halogens is 1. The molecule has 0 radical (unpaired) electrons. The summed E-state index contributed by atoms with van der Waals surface area (Å²) in [5.74, 6) is 0.562. The molecule has 3 nitrogen and oxygen atoms in total. The molecule has 1 N–H and O–H groups in total. The minimum absolute atomic E-state index is 0.0369. The zero-order chi connectivity index (χ0) is 13.1. The highest BCUT2D eigenvalue weighted by Gasteiger charge is 2.13. The molecule has 0 saturated heterocycles. The lowest BCUT2D eigenvalue weighted by molar-refractivity contribution is -0.118. The highest BCUT2D eigenvalue weighted by Crippen LogP contribution is 2.31. The number of benzene rings is 1. The van der Waals surface area contributed by atoms with E-state index in [2.05, 4.69) is 5.32 Å². The van der Waals surface area contributed by atoms with Gasteiger partial charge in [0, 0.05) is 16.5 Å². The second kappa shape index (κ2) is 5.27. The summed E-state index contributed by atoms with van der Waals surface area (Å²) in [7, 11) is 0. The molecule has 0 unspecified atom stereocenters. The van der Waals surface area contributed by atoms with Gasteiger partial charge in [-0.15, -0.1) is 0 Å². The van der Waals surface area contributed by atoms with E-state index in [1.807, 2.05) is 19.9 Å². The summed E-state index contributed by atoms with van der Waals surface area (Å²) in [6.07, 6.45) is 1.59. The fourth-order valence-electron chi connectivity index (χ4n) is 1.54. The average Bonchev–Trinajstić information content (AvgIpc) is 2.84. The molecule has 1 aromatic carbocycles. The van der Waals surface area contributed by atoms with Crippen LogP contribution in [0.3, 0.4) is 0 Å². The average molecular weight is 264 g/mol. The Morgan fingerprint density at radius 2 is 2.11 bits per heavy atom. The Morgan fingerprint density at radius 1 is 1.33 bits per heavy atom. The minimum atomic E-state index is -0.0786. The van der Waals surface area contributed by atoms with E-state index in [-0.39, 0.29) is 11.8 Å². The van der Waals surface area contributed by atoms with Gasteiger partial charge in [0.15, 0.2) is 0 Å². The standard InChI is InChI=1S/C14H14ClNO2/c1-9(2)14(17)16-12-6-5-10(15)8-11(12)13-4-3-7-18-13/h3-9H,1-2H3,(H,16,17). The first-order valence-corrected chi connectivity index (χ1v) is 6.10. The van der Waals surface area contributed by atoms with E-state index in [4.69, 9.17) is 16.0 Å². The highest BCUT2D eigenvalue weighted by molar-refractivity contribution is 6.31. The topological polar surface area (TPSA) is 42.2 Å². The number of carbonyl (C=O) groups excluding carboxylic acids is 1. The largest absolute Gasteiger partial charge is 0.464 e. The van der Waals surface area contributed by atoms with E-state index in [9.17, 15) is 4.79 Å². The number of rotatable bonds is 3. The molecule has 0 spiro atoms. The van der Waals surface area contributed by atoms with Gasteiger partial charge in [-0.3, -0.25) is 4.79 Å². The van der Waals surface area contributed by atoms with Gasteiger partial charge in [-0.2, -0.15) is 0 Å². The van der Waals surface area contributed by atoms with Gasteiger partial charge in [-0.05, 0) is 30.3 Å². The van der Waals surface area contributed by atoms with Crippen molar-refractivity contribution in [3.8, 4) is 11.3 Å². The Bertz CT molecular complexity index is 547. The van der Waals surface area contributed by atoms with E-state index in [1.54, 1.807) is 30.5 Å². The Balaban J connectivity index is 2.38. The summed E-state index contributed by atoms with van der Waals surface area (Å²) in [5, 5.41) is 3.47. The van der Waals surface area contributed by atoms with E-state index in [0.717, 1.165) is 5.56 Å². The van der Waals surface area contributed by atoms with Crippen LogP contribution in [0.1, 0.15) is 13.8 Å². The Labute approximate surface area is 111 Å². The fourth-order valence-corrected chi connectivity index (χ4v) is 1.71. The number of carbonyl (C=O) groups is 1. The van der Waals surface area contributed by atoms with Crippen LogP contribution in [0.2, 0.25) is 5.02 Å². The molecule has 0 aliphatic heterocycles. The minimum Gasteiger partial charge on any atom is -0.464 e. The molecule has 2 aromatic rings. The van der Waals surface area contributed by atoms with Crippen molar-refractivity contribution in [3.63, 3.8) is 0 Å². The van der Waals surface area contributed by atoms with Crippen molar-refractivity contribution in [2.45, 2.75) is 13.8 Å². The van der Waals surface area contributed by atoms with Crippen molar-refractivity contribution in [1.82, 2.24) is 0 Å². The van der Waals surface area contributed by atoms with Crippen LogP contribution in [0.25, 0.3) is 11.3 Å². The summed E-state index contributed by atoms with van der Waals surface area (Å²) >= 11 is 5.98. The molecule has 1 amide bonds. The first kappa shape index (κ1) is 12.7. The van der Waals surface area contributed by atoms with Crippen LogP contribution >= 0.6 is 11.6 Å². The zero-order valence-electron chi connectivity index (χ0n) is 10.2. The molecule has 94 valence electrons. The number of hydrogen-bond donors (Lipinski definition) is 1.